The maximum absolute atomic E-state index is 12.9. The predicted molar refractivity (Wildman–Crippen MR) is 145 cm³/mol. The number of aryl methyl sites for hydroxylation is 1. The molecule has 0 spiro atoms. The second kappa shape index (κ2) is 11.1. The van der Waals surface area contributed by atoms with Crippen molar-refractivity contribution < 1.29 is 23.9 Å². The zero-order valence-corrected chi connectivity index (χ0v) is 24.2. The molecule has 11 nitrogen and oxygen atoms in total. The van der Waals surface area contributed by atoms with Gasteiger partial charge in [-0.05, 0) is 55.7 Å². The van der Waals surface area contributed by atoms with Crippen molar-refractivity contribution in [1.29, 1.82) is 5.26 Å². The summed E-state index contributed by atoms with van der Waals surface area (Å²) in [6, 6.07) is 1.82. The fourth-order valence-electron chi connectivity index (χ4n) is 4.06. The van der Waals surface area contributed by atoms with E-state index in [1.807, 2.05) is 11.8 Å². The van der Waals surface area contributed by atoms with Crippen LogP contribution in [0.15, 0.2) is 0 Å². The molecule has 2 aromatic heterocycles. The van der Waals surface area contributed by atoms with Crippen molar-refractivity contribution in [3.63, 3.8) is 0 Å². The van der Waals surface area contributed by atoms with Crippen molar-refractivity contribution in [3.05, 3.63) is 30.6 Å². The van der Waals surface area contributed by atoms with E-state index in [4.69, 9.17) is 21.1 Å². The number of methoxy groups -OCH3 is 1. The van der Waals surface area contributed by atoms with Gasteiger partial charge in [-0.25, -0.2) is 9.78 Å². The van der Waals surface area contributed by atoms with E-state index in [0.717, 1.165) is 20.6 Å². The van der Waals surface area contributed by atoms with E-state index in [1.165, 1.54) is 0 Å². The summed E-state index contributed by atoms with van der Waals surface area (Å²) in [5.74, 6) is -1.54. The summed E-state index contributed by atoms with van der Waals surface area (Å²) in [6.45, 7) is 4.54. The van der Waals surface area contributed by atoms with Gasteiger partial charge >= 0.3 is 5.97 Å². The predicted octanol–water partition coefficient (Wildman–Crippen LogP) is 3.02. The summed E-state index contributed by atoms with van der Waals surface area (Å²) >= 11 is 9.46. The summed E-state index contributed by atoms with van der Waals surface area (Å²) in [4.78, 5) is 47.9. The molecule has 1 saturated heterocycles. The molecule has 0 aromatic carbocycles. The summed E-state index contributed by atoms with van der Waals surface area (Å²) in [5.41, 5.74) is 0.164. The van der Waals surface area contributed by atoms with Gasteiger partial charge in [0.15, 0.2) is 10.8 Å². The number of halogens is 2. The number of esters is 1. The second-order valence-corrected chi connectivity index (χ2v) is 11.3. The number of nitrogens with one attached hydrogen (secondary N) is 3. The van der Waals surface area contributed by atoms with Crippen molar-refractivity contribution in [2.45, 2.75) is 50.8 Å². The molecule has 3 heterocycles. The maximum Gasteiger partial charge on any atom is 0.350 e. The van der Waals surface area contributed by atoms with Crippen LogP contribution in [0.4, 0.5) is 5.13 Å². The third kappa shape index (κ3) is 5.71. The van der Waals surface area contributed by atoms with Gasteiger partial charge in [0, 0.05) is 25.9 Å². The molecule has 3 N–H and O–H groups in total. The first-order valence-corrected chi connectivity index (χ1v) is 13.9. The average molecular weight is 661 g/mol. The molecule has 198 valence electrons. The fraction of sp³-hybridized carbons (Fsp3) is 0.522. The first-order valence-electron chi connectivity index (χ1n) is 11.7. The summed E-state index contributed by atoms with van der Waals surface area (Å²) in [5, 5.41) is 15.9. The van der Waals surface area contributed by atoms with Crippen LogP contribution >= 0.6 is 45.5 Å². The number of H-pyrrole nitrogens is 1. The monoisotopic (exact) mass is 660 g/mol. The van der Waals surface area contributed by atoms with Gasteiger partial charge in [-0.15, -0.1) is 0 Å². The summed E-state index contributed by atoms with van der Waals surface area (Å²) in [7, 11) is 1.56. The Hall–Kier alpha value is -2.41. The van der Waals surface area contributed by atoms with Crippen LogP contribution in [0, 0.1) is 21.8 Å². The standard InChI is InChI=1S/C23H26ClIN6O5S/c1-4-36-21(34)18-17(20(33)30-23(10-26)6-7-23)29-22(37-18)31-8-5-12(13(9-31)35-3)28-19(32)16-14(24)15(25)11(2)27-16/h12-13,27H,4-9H2,1-3H3,(H,28,32)(H,30,33)/t12-,13+/m1/s1. The lowest BCUT2D eigenvalue weighted by Gasteiger charge is -2.37. The molecule has 2 aromatic rings. The topological polar surface area (TPSA) is 149 Å². The number of rotatable bonds is 8. The lowest BCUT2D eigenvalue weighted by Crippen LogP contribution is -2.55. The Morgan fingerprint density at radius 1 is 1.38 bits per heavy atom. The Labute approximate surface area is 236 Å². The highest BCUT2D eigenvalue weighted by molar-refractivity contribution is 14.1. The number of hydrogen-bond acceptors (Lipinski definition) is 9. The first kappa shape index (κ1) is 27.6. The lowest BCUT2D eigenvalue weighted by atomic mass is 10.0. The summed E-state index contributed by atoms with van der Waals surface area (Å²) in [6.07, 6.45) is 1.27. The molecular weight excluding hydrogens is 635 g/mol. The van der Waals surface area contributed by atoms with Crippen LogP contribution < -0.4 is 15.5 Å². The maximum atomic E-state index is 12.9. The molecule has 4 rings (SSSR count). The van der Waals surface area contributed by atoms with Crippen LogP contribution in [0.5, 0.6) is 0 Å². The van der Waals surface area contributed by atoms with E-state index in [1.54, 1.807) is 14.0 Å². The van der Waals surface area contributed by atoms with Crippen molar-refractivity contribution in [3.8, 4) is 6.07 Å². The molecule has 1 saturated carbocycles. The lowest BCUT2D eigenvalue weighted by molar-refractivity contribution is 0.0527. The smallest absolute Gasteiger partial charge is 0.350 e. The van der Waals surface area contributed by atoms with E-state index < -0.39 is 17.4 Å². The minimum absolute atomic E-state index is 0.0595. The number of nitrogens with zero attached hydrogens (tertiary/aromatic N) is 3. The number of ether oxygens (including phenoxy) is 2. The third-order valence-electron chi connectivity index (χ3n) is 6.34. The number of aromatic amines is 1. The number of thiazole rings is 1. The van der Waals surface area contributed by atoms with Crippen molar-refractivity contribution in [1.82, 2.24) is 20.6 Å². The highest BCUT2D eigenvalue weighted by Gasteiger charge is 2.46. The normalized spacial score (nSPS) is 20.2. The molecule has 2 aliphatic rings. The number of amides is 2. The fourth-order valence-corrected chi connectivity index (χ4v) is 5.73. The molecule has 14 heteroatoms. The van der Waals surface area contributed by atoms with Crippen LogP contribution in [0.3, 0.4) is 0 Å². The van der Waals surface area contributed by atoms with Crippen LogP contribution in [-0.4, -0.2) is 72.2 Å². The highest BCUT2D eigenvalue weighted by atomic mass is 127. The first-order chi connectivity index (χ1) is 17.6. The minimum atomic E-state index is -0.900. The van der Waals surface area contributed by atoms with E-state index in [-0.39, 0.29) is 35.2 Å². The van der Waals surface area contributed by atoms with E-state index in [9.17, 15) is 19.6 Å². The van der Waals surface area contributed by atoms with Gasteiger partial charge in [-0.2, -0.15) is 5.26 Å². The Bertz CT molecular complexity index is 1270. The van der Waals surface area contributed by atoms with E-state index >= 15 is 0 Å². The van der Waals surface area contributed by atoms with Crippen LogP contribution in [-0.2, 0) is 9.47 Å². The minimum Gasteiger partial charge on any atom is -0.462 e. The van der Waals surface area contributed by atoms with Crippen LogP contribution in [0.2, 0.25) is 5.02 Å². The molecule has 0 radical (unpaired) electrons. The number of piperidine rings is 1. The zero-order chi connectivity index (χ0) is 26.9. The van der Waals surface area contributed by atoms with Gasteiger partial charge in [-0.1, -0.05) is 22.9 Å². The number of aromatic nitrogens is 2. The molecule has 2 atom stereocenters. The number of hydrogen-bond donors (Lipinski definition) is 3. The Balaban J connectivity index is 1.51. The Kier molecular flexibility index (Phi) is 8.32. The van der Waals surface area contributed by atoms with Crippen molar-refractivity contribution in [2.75, 3.05) is 31.7 Å². The van der Waals surface area contributed by atoms with Crippen LogP contribution in [0.1, 0.15) is 62.5 Å². The molecule has 0 bridgehead atoms. The Morgan fingerprint density at radius 2 is 2.11 bits per heavy atom. The average Bonchev–Trinajstić information content (AvgIpc) is 3.42. The third-order valence-corrected chi connectivity index (χ3v) is 9.48. The summed E-state index contributed by atoms with van der Waals surface area (Å²) < 4.78 is 11.6. The SMILES string of the molecule is CCOC(=O)c1sc(N2CC[C@@H](NC(=O)c3[nH]c(C)c(I)c3Cl)[C@@H](OC)C2)nc1C(=O)NC1(C#N)CC1. The molecule has 37 heavy (non-hydrogen) atoms. The van der Waals surface area contributed by atoms with Gasteiger partial charge in [0.2, 0.25) is 0 Å². The molecule has 1 aliphatic carbocycles. The number of anilines is 1. The molecule has 2 amide bonds. The van der Waals surface area contributed by atoms with Gasteiger partial charge < -0.3 is 30.0 Å². The zero-order valence-electron chi connectivity index (χ0n) is 20.4. The van der Waals surface area contributed by atoms with Crippen LogP contribution in [0.25, 0.3) is 0 Å². The van der Waals surface area contributed by atoms with Crippen molar-refractivity contribution in [2.24, 2.45) is 0 Å². The Morgan fingerprint density at radius 3 is 2.68 bits per heavy atom. The van der Waals surface area contributed by atoms with Gasteiger partial charge in [0.25, 0.3) is 11.8 Å². The second-order valence-electron chi connectivity index (χ2n) is 8.88. The molecular formula is C23H26ClIN6O5S. The van der Waals surface area contributed by atoms with Gasteiger partial charge in [0.1, 0.15) is 16.1 Å². The van der Waals surface area contributed by atoms with Gasteiger partial charge in [-0.3, -0.25) is 9.59 Å². The molecule has 0 unspecified atom stereocenters. The quantitative estimate of drug-likeness (QED) is 0.289. The number of carbonyl (C=O) groups excluding carboxylic acids is 3. The van der Waals surface area contributed by atoms with Crippen molar-refractivity contribution >= 4 is 68.4 Å². The largest absolute Gasteiger partial charge is 0.462 e. The number of nitriles is 1. The van der Waals surface area contributed by atoms with E-state index in [2.05, 4.69) is 49.3 Å². The molecule has 1 aliphatic heterocycles. The van der Waals surface area contributed by atoms with E-state index in [0.29, 0.717) is 48.2 Å². The molecule has 2 fully saturated rings. The van der Waals surface area contributed by atoms with Gasteiger partial charge in [0.05, 0.1) is 33.4 Å². The number of carbonyl (C=O) groups is 3. The highest BCUT2D eigenvalue weighted by Crippen LogP contribution is 2.36.